The molecule has 0 radical (unpaired) electrons. The third-order valence-electron chi connectivity index (χ3n) is 7.07. The van der Waals surface area contributed by atoms with Crippen LogP contribution in [-0.4, -0.2) is 77.7 Å². The van der Waals surface area contributed by atoms with Gasteiger partial charge in [0.15, 0.2) is 5.82 Å². The molecule has 1 unspecified atom stereocenters. The maximum Gasteiger partial charge on any atom is 0.280 e. The van der Waals surface area contributed by atoms with Crippen LogP contribution >= 0.6 is 0 Å². The lowest BCUT2D eigenvalue weighted by Gasteiger charge is -2.33. The number of hydrogen-bond donors (Lipinski definition) is 2. The molecular formula is C28H34N6O5. The van der Waals surface area contributed by atoms with Gasteiger partial charge >= 0.3 is 0 Å². The highest BCUT2D eigenvalue weighted by atomic mass is 16.7. The average Bonchev–Trinajstić information content (AvgIpc) is 3.67. The van der Waals surface area contributed by atoms with Crippen LogP contribution < -0.4 is 16.0 Å². The van der Waals surface area contributed by atoms with Crippen LogP contribution in [0.2, 0.25) is 0 Å². The molecule has 5 rings (SSSR count). The number of nitrogens with zero attached hydrogens (tertiary/aromatic N) is 4. The van der Waals surface area contributed by atoms with Gasteiger partial charge < -0.3 is 30.2 Å². The number of morpholine rings is 1. The van der Waals surface area contributed by atoms with E-state index < -0.39 is 23.6 Å². The van der Waals surface area contributed by atoms with Gasteiger partial charge in [-0.25, -0.2) is 9.97 Å². The number of pyridine rings is 1. The summed E-state index contributed by atoms with van der Waals surface area (Å²) in [5.74, 6) is -2.45. The monoisotopic (exact) mass is 534 g/mol. The number of nitrogens with two attached hydrogens (primary N) is 1. The molecule has 11 heteroatoms. The second-order valence-corrected chi connectivity index (χ2v) is 9.58. The number of imidazole rings is 1. The molecule has 1 atom stereocenters. The van der Waals surface area contributed by atoms with Gasteiger partial charge in [0.2, 0.25) is 0 Å². The van der Waals surface area contributed by atoms with Crippen LogP contribution in [0.3, 0.4) is 0 Å². The number of ether oxygens (including phenoxy) is 3. The Bertz CT molecular complexity index is 1280. The normalized spacial score (nSPS) is 17.6. The number of nitrogens with one attached hydrogen (secondary N) is 1. The van der Waals surface area contributed by atoms with E-state index in [2.05, 4.69) is 32.3 Å². The summed E-state index contributed by atoms with van der Waals surface area (Å²) in [5, 5.41) is 2.94. The van der Waals surface area contributed by atoms with Gasteiger partial charge in [-0.15, -0.1) is 0 Å². The summed E-state index contributed by atoms with van der Waals surface area (Å²) in [6.07, 6.45) is 7.17. The number of unbranched alkanes of at least 4 members (excludes halogenated alkanes) is 1. The van der Waals surface area contributed by atoms with Gasteiger partial charge in [-0.2, -0.15) is 0 Å². The predicted molar refractivity (Wildman–Crippen MR) is 144 cm³/mol. The quantitative estimate of drug-likeness (QED) is 0.405. The highest BCUT2D eigenvalue weighted by Crippen LogP contribution is 2.28. The number of rotatable bonds is 10. The Kier molecular flexibility index (Phi) is 8.20. The lowest BCUT2D eigenvalue weighted by atomic mass is 9.99. The highest BCUT2D eigenvalue weighted by molar-refractivity contribution is 5.98. The number of anilines is 1. The summed E-state index contributed by atoms with van der Waals surface area (Å²) in [4.78, 5) is 37.2. The van der Waals surface area contributed by atoms with Crippen LogP contribution in [0, 0.1) is 0 Å². The summed E-state index contributed by atoms with van der Waals surface area (Å²) < 4.78 is 18.5. The maximum atomic E-state index is 13.5. The number of carbonyl (C=O) groups excluding carboxylic acids is 2. The van der Waals surface area contributed by atoms with Crippen LogP contribution in [0.4, 0.5) is 5.69 Å². The first-order valence-electron chi connectivity index (χ1n) is 13.3. The topological polar surface area (TPSA) is 134 Å². The summed E-state index contributed by atoms with van der Waals surface area (Å²) >= 11 is 0. The SMILES string of the molecule is CCCCC(NC(=O)c1cccnc1-n1cnc(-c2ccc(N3CCOCC3)cc2)c1)C1(C(N)=O)OCCO1. The smallest absolute Gasteiger partial charge is 0.280 e. The molecular weight excluding hydrogens is 500 g/mol. The molecule has 1 aromatic carbocycles. The Morgan fingerprint density at radius 2 is 1.82 bits per heavy atom. The fraction of sp³-hybridized carbons (Fsp3) is 0.429. The van der Waals surface area contributed by atoms with Crippen molar-refractivity contribution >= 4 is 17.5 Å². The minimum atomic E-state index is -1.69. The Morgan fingerprint density at radius 3 is 2.51 bits per heavy atom. The Labute approximate surface area is 227 Å². The average molecular weight is 535 g/mol. The first kappa shape index (κ1) is 26.8. The van der Waals surface area contributed by atoms with E-state index in [-0.39, 0.29) is 13.2 Å². The molecule has 0 saturated carbocycles. The molecule has 39 heavy (non-hydrogen) atoms. The standard InChI is InChI=1S/C28H34N6O5/c1-2-3-6-24(28(27(29)36)38-16-17-39-28)32-26(35)22-5-4-11-30-25(22)34-18-23(31-19-34)20-7-9-21(10-8-20)33-12-14-37-15-13-33/h4-5,7-11,18-19,24H,2-3,6,12-17H2,1H3,(H2,29,36)(H,32,35). The molecule has 2 aliphatic heterocycles. The number of aromatic nitrogens is 3. The number of amides is 2. The van der Waals surface area contributed by atoms with Gasteiger partial charge in [-0.05, 0) is 30.7 Å². The Morgan fingerprint density at radius 1 is 1.08 bits per heavy atom. The van der Waals surface area contributed by atoms with Crippen molar-refractivity contribution < 1.29 is 23.8 Å². The molecule has 11 nitrogen and oxygen atoms in total. The Balaban J connectivity index is 1.36. The molecule has 0 spiro atoms. The van der Waals surface area contributed by atoms with E-state index in [1.54, 1.807) is 29.2 Å². The zero-order valence-electron chi connectivity index (χ0n) is 22.0. The number of hydrogen-bond acceptors (Lipinski definition) is 8. The molecule has 4 heterocycles. The third-order valence-corrected chi connectivity index (χ3v) is 7.07. The van der Waals surface area contributed by atoms with Crippen molar-refractivity contribution in [1.29, 1.82) is 0 Å². The van der Waals surface area contributed by atoms with Crippen LogP contribution in [0.25, 0.3) is 17.1 Å². The molecule has 2 saturated heterocycles. The molecule has 3 N–H and O–H groups in total. The number of primary amides is 1. The minimum absolute atomic E-state index is 0.227. The lowest BCUT2D eigenvalue weighted by Crippen LogP contribution is -2.60. The molecule has 2 fully saturated rings. The fourth-order valence-electron chi connectivity index (χ4n) is 4.98. The van der Waals surface area contributed by atoms with E-state index in [9.17, 15) is 9.59 Å². The van der Waals surface area contributed by atoms with Gasteiger partial charge in [0.1, 0.15) is 6.33 Å². The molecule has 2 aromatic heterocycles. The number of benzene rings is 1. The van der Waals surface area contributed by atoms with Crippen LogP contribution in [0.15, 0.2) is 55.1 Å². The third kappa shape index (κ3) is 5.65. The largest absolute Gasteiger partial charge is 0.378 e. The highest BCUT2D eigenvalue weighted by Gasteiger charge is 2.50. The second kappa shape index (κ2) is 11.9. The fourth-order valence-corrected chi connectivity index (χ4v) is 4.98. The summed E-state index contributed by atoms with van der Waals surface area (Å²) in [6, 6.07) is 10.8. The van der Waals surface area contributed by atoms with E-state index in [1.807, 2.05) is 25.3 Å². The van der Waals surface area contributed by atoms with Gasteiger partial charge in [-0.1, -0.05) is 31.9 Å². The van der Waals surface area contributed by atoms with Crippen molar-refractivity contribution in [2.24, 2.45) is 5.73 Å². The van der Waals surface area contributed by atoms with Crippen molar-refractivity contribution in [2.75, 3.05) is 44.4 Å². The molecule has 206 valence electrons. The molecule has 3 aromatic rings. The molecule has 0 aliphatic carbocycles. The summed E-state index contributed by atoms with van der Waals surface area (Å²) in [6.45, 7) is 5.69. The van der Waals surface area contributed by atoms with E-state index >= 15 is 0 Å². The molecule has 0 bridgehead atoms. The van der Waals surface area contributed by atoms with E-state index in [4.69, 9.17) is 19.9 Å². The minimum Gasteiger partial charge on any atom is -0.378 e. The van der Waals surface area contributed by atoms with Gasteiger partial charge in [0, 0.05) is 36.7 Å². The van der Waals surface area contributed by atoms with Crippen molar-refractivity contribution in [3.8, 4) is 17.1 Å². The second-order valence-electron chi connectivity index (χ2n) is 9.58. The van der Waals surface area contributed by atoms with Gasteiger partial charge in [0.25, 0.3) is 17.6 Å². The summed E-state index contributed by atoms with van der Waals surface area (Å²) in [7, 11) is 0. The van der Waals surface area contributed by atoms with Crippen LogP contribution in [0.5, 0.6) is 0 Å². The van der Waals surface area contributed by atoms with Gasteiger partial charge in [-0.3, -0.25) is 14.2 Å². The first-order valence-corrected chi connectivity index (χ1v) is 13.3. The maximum absolute atomic E-state index is 13.5. The van der Waals surface area contributed by atoms with Crippen molar-refractivity contribution in [1.82, 2.24) is 19.9 Å². The number of carbonyl (C=O) groups is 2. The zero-order valence-corrected chi connectivity index (χ0v) is 22.0. The van der Waals surface area contributed by atoms with E-state index in [1.165, 1.54) is 0 Å². The first-order chi connectivity index (χ1) is 19.0. The summed E-state index contributed by atoms with van der Waals surface area (Å²) in [5.41, 5.74) is 8.85. The zero-order chi connectivity index (χ0) is 27.2. The molecule has 2 aliphatic rings. The van der Waals surface area contributed by atoms with E-state index in [0.29, 0.717) is 17.8 Å². The van der Waals surface area contributed by atoms with Gasteiger partial charge in [0.05, 0.1) is 43.7 Å². The predicted octanol–water partition coefficient (Wildman–Crippen LogP) is 2.29. The van der Waals surface area contributed by atoms with Crippen LogP contribution in [-0.2, 0) is 19.0 Å². The lowest BCUT2D eigenvalue weighted by molar-refractivity contribution is -0.190. The van der Waals surface area contributed by atoms with Crippen molar-refractivity contribution in [2.45, 2.75) is 38.0 Å². The Hall–Kier alpha value is -3.80. The van der Waals surface area contributed by atoms with Crippen molar-refractivity contribution in [3.05, 3.63) is 60.7 Å². The molecule has 2 amide bonds. The van der Waals surface area contributed by atoms with Crippen LogP contribution in [0.1, 0.15) is 36.5 Å². The van der Waals surface area contributed by atoms with Crippen molar-refractivity contribution in [3.63, 3.8) is 0 Å². The van der Waals surface area contributed by atoms with E-state index in [0.717, 1.165) is 56.1 Å².